The van der Waals surface area contributed by atoms with E-state index in [1.54, 1.807) is 30.3 Å². The fraction of sp³-hybridized carbons (Fsp3) is 0.409. The van der Waals surface area contributed by atoms with Crippen molar-refractivity contribution in [1.82, 2.24) is 4.31 Å². The van der Waals surface area contributed by atoms with E-state index in [1.165, 1.54) is 11.4 Å². The molecule has 0 aromatic heterocycles. The molecular weight excluding hydrogens is 459 g/mol. The lowest BCUT2D eigenvalue weighted by Crippen LogP contribution is -2.41. The lowest BCUT2D eigenvalue weighted by molar-refractivity contribution is -0.120. The highest BCUT2D eigenvalue weighted by Gasteiger charge is 2.34. The number of rotatable bonds is 6. The highest BCUT2D eigenvalue weighted by molar-refractivity contribution is 7.89. The van der Waals surface area contributed by atoms with Crippen molar-refractivity contribution in [2.75, 3.05) is 25.5 Å². The van der Waals surface area contributed by atoms with Crippen LogP contribution in [0.1, 0.15) is 38.2 Å². The first-order valence-corrected chi connectivity index (χ1v) is 12.3. The number of amides is 1. The van der Waals surface area contributed by atoms with Gasteiger partial charge in [0, 0.05) is 19.0 Å². The third-order valence-electron chi connectivity index (χ3n) is 5.51. The van der Waals surface area contributed by atoms with Gasteiger partial charge in [-0.2, -0.15) is 4.31 Å². The number of halogens is 2. The first kappa shape index (κ1) is 23.9. The molecule has 2 aromatic rings. The van der Waals surface area contributed by atoms with Gasteiger partial charge in [-0.1, -0.05) is 49.2 Å². The molecule has 3 rings (SSSR count). The van der Waals surface area contributed by atoms with Crippen LogP contribution in [0.25, 0.3) is 0 Å². The number of hydrogen-bond acceptors (Lipinski definition) is 4. The summed E-state index contributed by atoms with van der Waals surface area (Å²) in [6, 6.07) is 10.2. The number of carbonyl (C=O) groups is 1. The number of anilines is 1. The topological polar surface area (TPSA) is 75.7 Å². The van der Waals surface area contributed by atoms with E-state index in [2.05, 4.69) is 5.32 Å². The van der Waals surface area contributed by atoms with Gasteiger partial charge in [0.25, 0.3) is 0 Å². The first-order valence-electron chi connectivity index (χ1n) is 10.1. The Morgan fingerprint density at radius 2 is 1.74 bits per heavy atom. The van der Waals surface area contributed by atoms with E-state index in [1.807, 2.05) is 19.9 Å². The minimum Gasteiger partial charge on any atom is -0.495 e. The van der Waals surface area contributed by atoms with Crippen molar-refractivity contribution in [1.29, 1.82) is 0 Å². The highest BCUT2D eigenvalue weighted by Crippen LogP contribution is 2.34. The maximum Gasteiger partial charge on any atom is 0.246 e. The molecule has 2 aromatic carbocycles. The Kier molecular flexibility index (Phi) is 7.52. The second-order valence-electron chi connectivity index (χ2n) is 7.83. The van der Waals surface area contributed by atoms with Crippen molar-refractivity contribution in [2.24, 2.45) is 5.92 Å². The van der Waals surface area contributed by atoms with E-state index in [4.69, 9.17) is 27.9 Å². The second-order valence-corrected chi connectivity index (χ2v) is 10.6. The first-order chi connectivity index (χ1) is 14.6. The fourth-order valence-electron chi connectivity index (χ4n) is 3.59. The Bertz CT molecular complexity index is 1040. The lowest BCUT2D eigenvalue weighted by Gasteiger charge is -2.31. The molecule has 1 aliphatic rings. The number of sulfonamides is 1. The smallest absolute Gasteiger partial charge is 0.246 e. The average Bonchev–Trinajstić information content (AvgIpc) is 2.75. The van der Waals surface area contributed by atoms with Gasteiger partial charge in [-0.05, 0) is 48.6 Å². The Balaban J connectivity index is 1.73. The molecule has 0 radical (unpaired) electrons. The van der Waals surface area contributed by atoms with E-state index in [0.29, 0.717) is 34.3 Å². The maximum atomic E-state index is 13.3. The van der Waals surface area contributed by atoms with Crippen LogP contribution in [0.3, 0.4) is 0 Å². The van der Waals surface area contributed by atoms with Crippen LogP contribution in [0.15, 0.2) is 41.3 Å². The molecule has 168 valence electrons. The molecule has 1 N–H and O–H groups in total. The Hall–Kier alpha value is -1.80. The molecule has 1 aliphatic heterocycles. The van der Waals surface area contributed by atoms with Gasteiger partial charge in [-0.15, -0.1) is 0 Å². The van der Waals surface area contributed by atoms with Crippen LogP contribution in [0.5, 0.6) is 5.75 Å². The molecule has 1 amide bonds. The van der Waals surface area contributed by atoms with Crippen molar-refractivity contribution >= 4 is 44.8 Å². The van der Waals surface area contributed by atoms with Crippen molar-refractivity contribution in [2.45, 2.75) is 37.5 Å². The lowest BCUT2D eigenvalue weighted by atomic mass is 9.97. The second kappa shape index (κ2) is 9.77. The van der Waals surface area contributed by atoms with Crippen molar-refractivity contribution < 1.29 is 17.9 Å². The Morgan fingerprint density at radius 3 is 2.29 bits per heavy atom. The van der Waals surface area contributed by atoms with E-state index >= 15 is 0 Å². The molecule has 6 nitrogen and oxygen atoms in total. The predicted octanol–water partition coefficient (Wildman–Crippen LogP) is 5.16. The monoisotopic (exact) mass is 484 g/mol. The predicted molar refractivity (Wildman–Crippen MR) is 124 cm³/mol. The van der Waals surface area contributed by atoms with Gasteiger partial charge in [0.2, 0.25) is 15.9 Å². The van der Waals surface area contributed by atoms with Crippen LogP contribution >= 0.6 is 23.2 Å². The van der Waals surface area contributed by atoms with Gasteiger partial charge < -0.3 is 10.1 Å². The van der Waals surface area contributed by atoms with Crippen LogP contribution in [0, 0.1) is 5.92 Å². The fourth-order valence-corrected chi connectivity index (χ4v) is 5.75. The van der Waals surface area contributed by atoms with E-state index in [9.17, 15) is 13.2 Å². The molecule has 0 spiro atoms. The zero-order valence-corrected chi connectivity index (χ0v) is 20.0. The molecule has 0 saturated carbocycles. The maximum absolute atomic E-state index is 13.3. The number of methoxy groups -OCH3 is 1. The summed E-state index contributed by atoms with van der Waals surface area (Å²) in [5.41, 5.74) is 1.30. The quantitative estimate of drug-likeness (QED) is 0.613. The Labute approximate surface area is 193 Å². The number of hydrogen-bond donors (Lipinski definition) is 1. The standard InChI is InChI=1S/C22H26Cl2N2O4S/c1-14(2)16-7-8-19(30-3)20(13-16)31(28,29)26-11-9-15(10-12-26)22(27)25-21-17(23)5-4-6-18(21)24/h4-8,13-15H,9-12H2,1-3H3,(H,25,27). The molecule has 9 heteroatoms. The van der Waals surface area contributed by atoms with E-state index in [0.717, 1.165) is 5.56 Å². The summed E-state index contributed by atoms with van der Waals surface area (Å²) in [4.78, 5) is 12.9. The Morgan fingerprint density at radius 1 is 1.13 bits per heavy atom. The van der Waals surface area contributed by atoms with E-state index in [-0.39, 0.29) is 35.7 Å². The molecular formula is C22H26Cl2N2O4S. The van der Waals surface area contributed by atoms with Gasteiger partial charge in [-0.25, -0.2) is 8.42 Å². The van der Waals surface area contributed by atoms with Crippen LogP contribution in [0.2, 0.25) is 10.0 Å². The summed E-state index contributed by atoms with van der Waals surface area (Å²) in [6.45, 7) is 4.50. The van der Waals surface area contributed by atoms with Gasteiger partial charge in [0.05, 0.1) is 22.8 Å². The number of nitrogens with one attached hydrogen (secondary N) is 1. The zero-order chi connectivity index (χ0) is 22.8. The SMILES string of the molecule is COc1ccc(C(C)C)cc1S(=O)(=O)N1CCC(C(=O)Nc2c(Cl)cccc2Cl)CC1. The molecule has 1 heterocycles. The van der Waals surface area contributed by atoms with Crippen LogP contribution in [0.4, 0.5) is 5.69 Å². The minimum atomic E-state index is -3.75. The largest absolute Gasteiger partial charge is 0.495 e. The average molecular weight is 485 g/mol. The van der Waals surface area contributed by atoms with Crippen LogP contribution < -0.4 is 10.1 Å². The minimum absolute atomic E-state index is 0.159. The molecule has 0 atom stereocenters. The van der Waals surface area contributed by atoms with Crippen molar-refractivity contribution in [3.63, 3.8) is 0 Å². The summed E-state index contributed by atoms with van der Waals surface area (Å²) >= 11 is 12.3. The van der Waals surface area contributed by atoms with Crippen molar-refractivity contribution in [3.8, 4) is 5.75 Å². The highest BCUT2D eigenvalue weighted by atomic mass is 35.5. The van der Waals surface area contributed by atoms with Gasteiger partial charge in [-0.3, -0.25) is 4.79 Å². The normalized spacial score (nSPS) is 15.8. The summed E-state index contributed by atoms with van der Waals surface area (Å²) < 4.78 is 33.3. The number of carbonyl (C=O) groups excluding carboxylic acids is 1. The van der Waals surface area contributed by atoms with Gasteiger partial charge >= 0.3 is 0 Å². The zero-order valence-electron chi connectivity index (χ0n) is 17.7. The van der Waals surface area contributed by atoms with E-state index < -0.39 is 10.0 Å². The molecule has 0 aliphatic carbocycles. The summed E-state index contributed by atoms with van der Waals surface area (Å²) in [6.07, 6.45) is 0.804. The van der Waals surface area contributed by atoms with Crippen LogP contribution in [-0.4, -0.2) is 38.8 Å². The third-order valence-corrected chi connectivity index (χ3v) is 8.06. The van der Waals surface area contributed by atoms with Crippen LogP contribution in [-0.2, 0) is 14.8 Å². The number of piperidine rings is 1. The molecule has 0 unspecified atom stereocenters. The number of ether oxygens (including phenoxy) is 1. The van der Waals surface area contributed by atoms with Crippen molar-refractivity contribution in [3.05, 3.63) is 52.0 Å². The number of nitrogens with zero attached hydrogens (tertiary/aromatic N) is 1. The summed E-state index contributed by atoms with van der Waals surface area (Å²) in [5, 5.41) is 3.50. The molecule has 31 heavy (non-hydrogen) atoms. The summed E-state index contributed by atoms with van der Waals surface area (Å²) in [5.74, 6) is -0.0438. The third kappa shape index (κ3) is 5.17. The van der Waals surface area contributed by atoms with Gasteiger partial charge in [0.15, 0.2) is 0 Å². The number of para-hydroxylation sites is 1. The molecule has 1 saturated heterocycles. The number of benzene rings is 2. The molecule has 1 fully saturated rings. The summed E-state index contributed by atoms with van der Waals surface area (Å²) in [7, 11) is -2.29. The van der Waals surface area contributed by atoms with Gasteiger partial charge in [0.1, 0.15) is 10.6 Å². The molecule has 0 bridgehead atoms.